The molecular formula is C13H17N3O2. The summed E-state index contributed by atoms with van der Waals surface area (Å²) in [6, 6.07) is 5.64. The lowest BCUT2D eigenvalue weighted by Gasteiger charge is -2.25. The van der Waals surface area contributed by atoms with Gasteiger partial charge in [0.2, 0.25) is 0 Å². The van der Waals surface area contributed by atoms with Gasteiger partial charge in [-0.3, -0.25) is 4.79 Å². The molecule has 0 saturated heterocycles. The van der Waals surface area contributed by atoms with Crippen LogP contribution in [0.4, 0.5) is 0 Å². The minimum absolute atomic E-state index is 0.0386. The fourth-order valence-corrected chi connectivity index (χ4v) is 1.96. The van der Waals surface area contributed by atoms with Crippen LogP contribution in [0, 0.1) is 0 Å². The van der Waals surface area contributed by atoms with E-state index in [9.17, 15) is 4.79 Å². The first-order chi connectivity index (χ1) is 8.65. The van der Waals surface area contributed by atoms with Crippen molar-refractivity contribution in [3.63, 3.8) is 0 Å². The third-order valence-corrected chi connectivity index (χ3v) is 2.88. The molecule has 0 unspecified atom stereocenters. The highest BCUT2D eigenvalue weighted by molar-refractivity contribution is 6.00. The number of pyridine rings is 1. The van der Waals surface area contributed by atoms with Gasteiger partial charge in [-0.05, 0) is 26.0 Å². The molecule has 2 aromatic rings. The first-order valence-corrected chi connectivity index (χ1v) is 5.99. The van der Waals surface area contributed by atoms with Gasteiger partial charge in [-0.2, -0.15) is 5.10 Å². The van der Waals surface area contributed by atoms with E-state index in [1.54, 1.807) is 21.8 Å². The molecule has 0 aliphatic rings. The molecular weight excluding hydrogens is 230 g/mol. The Morgan fingerprint density at radius 2 is 2.28 bits per heavy atom. The van der Waals surface area contributed by atoms with Crippen LogP contribution >= 0.6 is 0 Å². The standard InChI is InChI=1S/C13H17N3O2/c1-10(2)15(7-8-17)13(18)11-9-14-16-6-4-3-5-12(11)16/h3-6,9-10,17H,7-8H2,1-2H3. The van der Waals surface area contributed by atoms with Crippen LogP contribution in [0.3, 0.4) is 0 Å². The van der Waals surface area contributed by atoms with E-state index in [1.807, 2.05) is 32.0 Å². The summed E-state index contributed by atoms with van der Waals surface area (Å²) in [5, 5.41) is 13.2. The Labute approximate surface area is 106 Å². The van der Waals surface area contributed by atoms with Gasteiger partial charge < -0.3 is 10.0 Å². The maximum Gasteiger partial charge on any atom is 0.258 e. The molecule has 0 spiro atoms. The Hall–Kier alpha value is -1.88. The van der Waals surface area contributed by atoms with E-state index in [2.05, 4.69) is 5.10 Å². The number of fused-ring (bicyclic) bond motifs is 1. The molecule has 0 fully saturated rings. The summed E-state index contributed by atoms with van der Waals surface area (Å²) < 4.78 is 1.67. The Kier molecular flexibility index (Phi) is 3.62. The van der Waals surface area contributed by atoms with Crippen molar-refractivity contribution in [1.82, 2.24) is 14.5 Å². The molecule has 96 valence electrons. The van der Waals surface area contributed by atoms with Crippen molar-refractivity contribution < 1.29 is 9.90 Å². The highest BCUT2D eigenvalue weighted by Crippen LogP contribution is 2.14. The van der Waals surface area contributed by atoms with Gasteiger partial charge in [0.1, 0.15) is 0 Å². The van der Waals surface area contributed by atoms with E-state index in [0.29, 0.717) is 12.1 Å². The van der Waals surface area contributed by atoms with Gasteiger partial charge >= 0.3 is 0 Å². The number of carbonyl (C=O) groups is 1. The van der Waals surface area contributed by atoms with Crippen molar-refractivity contribution in [3.05, 3.63) is 36.2 Å². The number of aromatic nitrogens is 2. The predicted molar refractivity (Wildman–Crippen MR) is 68.5 cm³/mol. The number of aliphatic hydroxyl groups excluding tert-OH is 1. The lowest BCUT2D eigenvalue weighted by Crippen LogP contribution is -2.38. The van der Waals surface area contributed by atoms with Crippen LogP contribution in [0.25, 0.3) is 5.52 Å². The fraction of sp³-hybridized carbons (Fsp3) is 0.385. The molecule has 5 heteroatoms. The van der Waals surface area contributed by atoms with Crippen molar-refractivity contribution in [2.24, 2.45) is 0 Å². The van der Waals surface area contributed by atoms with Crippen LogP contribution in [0.1, 0.15) is 24.2 Å². The van der Waals surface area contributed by atoms with E-state index in [1.165, 1.54) is 0 Å². The molecule has 0 saturated carbocycles. The molecule has 2 heterocycles. The zero-order chi connectivity index (χ0) is 13.1. The van der Waals surface area contributed by atoms with Crippen LogP contribution in [-0.2, 0) is 0 Å². The number of hydrogen-bond donors (Lipinski definition) is 1. The van der Waals surface area contributed by atoms with Crippen LogP contribution in [-0.4, -0.2) is 44.7 Å². The number of amides is 1. The van der Waals surface area contributed by atoms with E-state index >= 15 is 0 Å². The SMILES string of the molecule is CC(C)N(CCO)C(=O)c1cnn2ccccc12. The van der Waals surface area contributed by atoms with Crippen molar-refractivity contribution in [2.75, 3.05) is 13.2 Å². The van der Waals surface area contributed by atoms with Gasteiger partial charge in [0.05, 0.1) is 23.9 Å². The Balaban J connectivity index is 2.38. The highest BCUT2D eigenvalue weighted by atomic mass is 16.3. The van der Waals surface area contributed by atoms with Crippen molar-refractivity contribution in [2.45, 2.75) is 19.9 Å². The quantitative estimate of drug-likeness (QED) is 0.882. The first kappa shape index (κ1) is 12.6. The lowest BCUT2D eigenvalue weighted by molar-refractivity contribution is 0.0667. The van der Waals surface area contributed by atoms with Crippen molar-refractivity contribution in [3.8, 4) is 0 Å². The summed E-state index contributed by atoms with van der Waals surface area (Å²) in [6.07, 6.45) is 3.38. The molecule has 0 aromatic carbocycles. The molecule has 1 N–H and O–H groups in total. The summed E-state index contributed by atoms with van der Waals surface area (Å²) in [5.74, 6) is -0.0970. The number of aliphatic hydroxyl groups is 1. The Morgan fingerprint density at radius 1 is 1.50 bits per heavy atom. The highest BCUT2D eigenvalue weighted by Gasteiger charge is 2.21. The second-order valence-corrected chi connectivity index (χ2v) is 4.40. The van der Waals surface area contributed by atoms with Crippen molar-refractivity contribution in [1.29, 1.82) is 0 Å². The molecule has 0 aliphatic heterocycles. The zero-order valence-electron chi connectivity index (χ0n) is 10.6. The van der Waals surface area contributed by atoms with Crippen molar-refractivity contribution >= 4 is 11.4 Å². The summed E-state index contributed by atoms with van der Waals surface area (Å²) >= 11 is 0. The molecule has 5 nitrogen and oxygen atoms in total. The summed E-state index contributed by atoms with van der Waals surface area (Å²) in [7, 11) is 0. The van der Waals surface area contributed by atoms with Crippen LogP contribution in [0.15, 0.2) is 30.6 Å². The van der Waals surface area contributed by atoms with Gasteiger partial charge in [-0.25, -0.2) is 4.52 Å². The molecule has 0 radical (unpaired) electrons. The smallest absolute Gasteiger partial charge is 0.258 e. The molecule has 0 atom stereocenters. The summed E-state index contributed by atoms with van der Waals surface area (Å²) in [5.41, 5.74) is 1.35. The van der Waals surface area contributed by atoms with Gasteiger partial charge in [0.15, 0.2) is 0 Å². The maximum absolute atomic E-state index is 12.4. The number of nitrogens with zero attached hydrogens (tertiary/aromatic N) is 3. The average molecular weight is 247 g/mol. The minimum Gasteiger partial charge on any atom is -0.395 e. The van der Waals surface area contributed by atoms with E-state index in [0.717, 1.165) is 5.52 Å². The Morgan fingerprint density at radius 3 is 2.94 bits per heavy atom. The minimum atomic E-state index is -0.0970. The largest absolute Gasteiger partial charge is 0.395 e. The number of carbonyl (C=O) groups excluding carboxylic acids is 1. The molecule has 2 aromatic heterocycles. The summed E-state index contributed by atoms with van der Waals surface area (Å²) in [4.78, 5) is 14.1. The molecule has 0 aliphatic carbocycles. The van der Waals surface area contributed by atoms with E-state index < -0.39 is 0 Å². The number of rotatable bonds is 4. The van der Waals surface area contributed by atoms with Gasteiger partial charge in [-0.1, -0.05) is 6.07 Å². The molecule has 2 rings (SSSR count). The van der Waals surface area contributed by atoms with Crippen LogP contribution < -0.4 is 0 Å². The first-order valence-electron chi connectivity index (χ1n) is 5.99. The second-order valence-electron chi connectivity index (χ2n) is 4.40. The third-order valence-electron chi connectivity index (χ3n) is 2.88. The van der Waals surface area contributed by atoms with Gasteiger partial charge in [0.25, 0.3) is 5.91 Å². The summed E-state index contributed by atoms with van der Waals surface area (Å²) in [6.45, 7) is 4.16. The maximum atomic E-state index is 12.4. The fourth-order valence-electron chi connectivity index (χ4n) is 1.96. The van der Waals surface area contributed by atoms with Gasteiger partial charge in [-0.15, -0.1) is 0 Å². The zero-order valence-corrected chi connectivity index (χ0v) is 10.6. The predicted octanol–water partition coefficient (Wildman–Crippen LogP) is 1.18. The topological polar surface area (TPSA) is 57.8 Å². The lowest BCUT2D eigenvalue weighted by atomic mass is 10.2. The Bertz CT molecular complexity index is 548. The van der Waals surface area contributed by atoms with E-state index in [4.69, 9.17) is 5.11 Å². The monoisotopic (exact) mass is 247 g/mol. The number of hydrogen-bond acceptors (Lipinski definition) is 3. The van der Waals surface area contributed by atoms with Crippen LogP contribution in [0.5, 0.6) is 0 Å². The molecule has 18 heavy (non-hydrogen) atoms. The normalized spacial score (nSPS) is 11.1. The third kappa shape index (κ3) is 2.22. The average Bonchev–Trinajstić information content (AvgIpc) is 2.78. The molecule has 1 amide bonds. The van der Waals surface area contributed by atoms with E-state index in [-0.39, 0.29) is 18.6 Å². The molecule has 0 bridgehead atoms. The van der Waals surface area contributed by atoms with Gasteiger partial charge in [0, 0.05) is 18.8 Å². The van der Waals surface area contributed by atoms with Crippen LogP contribution in [0.2, 0.25) is 0 Å². The second kappa shape index (κ2) is 5.18.